The van der Waals surface area contributed by atoms with Crippen LogP contribution in [0.3, 0.4) is 0 Å². The maximum absolute atomic E-state index is 12.0. The van der Waals surface area contributed by atoms with Crippen LogP contribution in [0, 0.1) is 0 Å². The molecule has 1 atom stereocenters. The quantitative estimate of drug-likeness (QED) is 0.849. The molecule has 0 aromatic carbocycles. The van der Waals surface area contributed by atoms with Crippen molar-refractivity contribution in [2.45, 2.75) is 38.4 Å². The van der Waals surface area contributed by atoms with E-state index in [0.717, 1.165) is 16.9 Å². The molecule has 0 bridgehead atoms. The van der Waals surface area contributed by atoms with Crippen LogP contribution in [0.25, 0.3) is 0 Å². The van der Waals surface area contributed by atoms with Gasteiger partial charge < -0.3 is 5.73 Å². The van der Waals surface area contributed by atoms with Crippen LogP contribution in [0.15, 0.2) is 11.4 Å². The number of alkyl halides is 3. The van der Waals surface area contributed by atoms with Gasteiger partial charge in [0.2, 0.25) is 0 Å². The first-order valence-corrected chi connectivity index (χ1v) is 5.70. The maximum atomic E-state index is 12.0. The van der Waals surface area contributed by atoms with Gasteiger partial charge in [-0.05, 0) is 29.9 Å². The van der Waals surface area contributed by atoms with Crippen LogP contribution in [-0.2, 0) is 6.42 Å². The fraction of sp³-hybridized carbons (Fsp3) is 0.600. The molecule has 1 rings (SSSR count). The van der Waals surface area contributed by atoms with E-state index < -0.39 is 18.6 Å². The Morgan fingerprint density at radius 2 is 2.13 bits per heavy atom. The molecule has 1 nitrogen and oxygen atoms in total. The first kappa shape index (κ1) is 12.5. The maximum Gasteiger partial charge on any atom is 0.389 e. The largest absolute Gasteiger partial charge is 0.389 e. The lowest BCUT2D eigenvalue weighted by atomic mass is 10.1. The Kier molecular flexibility index (Phi) is 4.16. The van der Waals surface area contributed by atoms with Gasteiger partial charge in [-0.1, -0.05) is 6.92 Å². The molecule has 0 fully saturated rings. The van der Waals surface area contributed by atoms with Gasteiger partial charge in [0.05, 0.1) is 0 Å². The Bertz CT molecular complexity index is 306. The first-order valence-electron chi connectivity index (χ1n) is 4.82. The summed E-state index contributed by atoms with van der Waals surface area (Å²) in [7, 11) is 0. The predicted molar refractivity (Wildman–Crippen MR) is 55.9 cm³/mol. The summed E-state index contributed by atoms with van der Waals surface area (Å²) in [6.07, 6.45) is -4.13. The Morgan fingerprint density at radius 3 is 2.67 bits per heavy atom. The van der Waals surface area contributed by atoms with Crippen molar-refractivity contribution in [1.82, 2.24) is 0 Å². The lowest BCUT2D eigenvalue weighted by molar-refractivity contribution is -0.136. The molecule has 1 aromatic heterocycles. The zero-order valence-electron chi connectivity index (χ0n) is 8.47. The highest BCUT2D eigenvalue weighted by molar-refractivity contribution is 7.10. The molecule has 5 heteroatoms. The van der Waals surface area contributed by atoms with E-state index in [1.165, 1.54) is 11.3 Å². The third-order valence-electron chi connectivity index (χ3n) is 2.24. The summed E-state index contributed by atoms with van der Waals surface area (Å²) < 4.78 is 36.0. The average Bonchev–Trinajstić information content (AvgIpc) is 2.60. The minimum Gasteiger partial charge on any atom is -0.323 e. The van der Waals surface area contributed by atoms with Crippen LogP contribution in [0.2, 0.25) is 0 Å². The molecular weight excluding hydrogens is 223 g/mol. The van der Waals surface area contributed by atoms with Crippen molar-refractivity contribution in [3.05, 3.63) is 21.9 Å². The lowest BCUT2D eigenvalue weighted by Gasteiger charge is -2.13. The topological polar surface area (TPSA) is 26.0 Å². The van der Waals surface area contributed by atoms with E-state index in [-0.39, 0.29) is 6.42 Å². The zero-order valence-corrected chi connectivity index (χ0v) is 9.29. The highest BCUT2D eigenvalue weighted by Gasteiger charge is 2.28. The molecule has 86 valence electrons. The van der Waals surface area contributed by atoms with Crippen LogP contribution in [0.5, 0.6) is 0 Å². The zero-order chi connectivity index (χ0) is 11.5. The molecule has 1 aromatic rings. The van der Waals surface area contributed by atoms with Gasteiger partial charge in [-0.2, -0.15) is 13.2 Å². The van der Waals surface area contributed by atoms with Crippen LogP contribution >= 0.6 is 11.3 Å². The molecule has 0 aliphatic heterocycles. The van der Waals surface area contributed by atoms with E-state index in [4.69, 9.17) is 5.73 Å². The van der Waals surface area contributed by atoms with Gasteiger partial charge in [0.15, 0.2) is 0 Å². The minimum absolute atomic E-state index is 0.0307. The van der Waals surface area contributed by atoms with E-state index in [2.05, 4.69) is 0 Å². The van der Waals surface area contributed by atoms with E-state index in [1.807, 2.05) is 18.4 Å². The van der Waals surface area contributed by atoms with Crippen LogP contribution < -0.4 is 5.73 Å². The van der Waals surface area contributed by atoms with Gasteiger partial charge >= 0.3 is 6.18 Å². The SMILES string of the molecule is CCc1ccsc1C(N)CCC(F)(F)F. The molecule has 15 heavy (non-hydrogen) atoms. The normalized spacial score (nSPS) is 14.2. The fourth-order valence-electron chi connectivity index (χ4n) is 1.42. The molecule has 0 radical (unpaired) electrons. The highest BCUT2D eigenvalue weighted by atomic mass is 32.1. The Hall–Kier alpha value is -0.550. The number of hydrogen-bond donors (Lipinski definition) is 1. The van der Waals surface area contributed by atoms with Gasteiger partial charge in [-0.15, -0.1) is 11.3 Å². The second-order valence-corrected chi connectivity index (χ2v) is 4.37. The summed E-state index contributed by atoms with van der Waals surface area (Å²) in [4.78, 5) is 0.891. The van der Waals surface area contributed by atoms with E-state index in [1.54, 1.807) is 0 Å². The molecule has 0 spiro atoms. The smallest absolute Gasteiger partial charge is 0.323 e. The number of halogens is 3. The molecular formula is C10H14F3NS. The number of nitrogens with two attached hydrogens (primary N) is 1. The summed E-state index contributed by atoms with van der Waals surface area (Å²) in [6.45, 7) is 1.97. The number of rotatable bonds is 4. The standard InChI is InChI=1S/C10H14F3NS/c1-2-7-4-6-15-9(7)8(14)3-5-10(11,12)13/h4,6,8H,2-3,5,14H2,1H3. The molecule has 1 heterocycles. The van der Waals surface area contributed by atoms with Crippen molar-refractivity contribution in [3.63, 3.8) is 0 Å². The number of aryl methyl sites for hydroxylation is 1. The molecule has 0 amide bonds. The molecule has 2 N–H and O–H groups in total. The number of thiophene rings is 1. The molecule has 0 saturated carbocycles. The summed E-state index contributed by atoms with van der Waals surface area (Å²) in [5, 5.41) is 1.88. The van der Waals surface area contributed by atoms with Gasteiger partial charge in [0.25, 0.3) is 0 Å². The molecule has 0 aliphatic rings. The number of hydrogen-bond acceptors (Lipinski definition) is 2. The Labute approximate surface area is 91.1 Å². The third kappa shape index (κ3) is 3.83. The van der Waals surface area contributed by atoms with Crippen molar-refractivity contribution in [1.29, 1.82) is 0 Å². The van der Waals surface area contributed by atoms with Crippen molar-refractivity contribution in [2.24, 2.45) is 5.73 Å². The minimum atomic E-state index is -4.11. The molecule has 0 saturated heterocycles. The van der Waals surface area contributed by atoms with Gasteiger partial charge in [-0.25, -0.2) is 0 Å². The second-order valence-electron chi connectivity index (χ2n) is 3.42. The van der Waals surface area contributed by atoms with Crippen molar-refractivity contribution in [2.75, 3.05) is 0 Å². The first-order chi connectivity index (χ1) is 6.94. The summed E-state index contributed by atoms with van der Waals surface area (Å²) in [5.74, 6) is 0. The van der Waals surface area contributed by atoms with E-state index >= 15 is 0 Å². The monoisotopic (exact) mass is 237 g/mol. The van der Waals surface area contributed by atoms with Crippen LogP contribution in [0.1, 0.15) is 36.2 Å². The fourth-order valence-corrected chi connectivity index (χ4v) is 2.45. The van der Waals surface area contributed by atoms with E-state index in [0.29, 0.717) is 0 Å². The van der Waals surface area contributed by atoms with E-state index in [9.17, 15) is 13.2 Å². The highest BCUT2D eigenvalue weighted by Crippen LogP contribution is 2.30. The van der Waals surface area contributed by atoms with Crippen LogP contribution in [0.4, 0.5) is 13.2 Å². The molecule has 1 unspecified atom stereocenters. The van der Waals surface area contributed by atoms with Crippen molar-refractivity contribution >= 4 is 11.3 Å². The summed E-state index contributed by atoms with van der Waals surface area (Å²) in [6, 6.07) is 1.44. The average molecular weight is 237 g/mol. The lowest BCUT2D eigenvalue weighted by Crippen LogP contribution is -2.15. The summed E-state index contributed by atoms with van der Waals surface area (Å²) >= 11 is 1.44. The van der Waals surface area contributed by atoms with Crippen molar-refractivity contribution < 1.29 is 13.2 Å². The van der Waals surface area contributed by atoms with Gasteiger partial charge in [0.1, 0.15) is 0 Å². The van der Waals surface area contributed by atoms with Crippen LogP contribution in [-0.4, -0.2) is 6.18 Å². The Morgan fingerprint density at radius 1 is 1.47 bits per heavy atom. The second kappa shape index (κ2) is 4.99. The van der Waals surface area contributed by atoms with Crippen molar-refractivity contribution in [3.8, 4) is 0 Å². The molecule has 0 aliphatic carbocycles. The van der Waals surface area contributed by atoms with Gasteiger partial charge in [-0.3, -0.25) is 0 Å². The van der Waals surface area contributed by atoms with Gasteiger partial charge in [0, 0.05) is 17.3 Å². The third-order valence-corrected chi connectivity index (χ3v) is 3.33. The summed E-state index contributed by atoms with van der Waals surface area (Å²) in [5.41, 5.74) is 6.80. The Balaban J connectivity index is 2.57. The predicted octanol–water partition coefficient (Wildman–Crippen LogP) is 3.65.